The van der Waals surface area contributed by atoms with Crippen molar-refractivity contribution in [2.24, 2.45) is 5.92 Å². The van der Waals surface area contributed by atoms with E-state index in [0.717, 1.165) is 30.6 Å². The van der Waals surface area contributed by atoms with E-state index in [2.05, 4.69) is 17.4 Å². The minimum absolute atomic E-state index is 0.297. The highest BCUT2D eigenvalue weighted by atomic mass is 16.5. The zero-order chi connectivity index (χ0) is 16.4. The summed E-state index contributed by atoms with van der Waals surface area (Å²) in [5.74, 6) is 0.405. The van der Waals surface area contributed by atoms with Crippen LogP contribution in [0, 0.1) is 5.92 Å². The molecule has 3 rings (SSSR count). The Bertz CT molecular complexity index is 751. The average molecular weight is 314 g/mol. The molecule has 1 atom stereocenters. The molecule has 0 spiro atoms. The standard InChI is InChI=1S/C17H18N2O4/c1-10-7-8-14-12(9-10)15(19-23-14)16(20)18-13-6-4-3-5-11(13)17(21)22-2/h3-6,10H,7-9H2,1-2H3,(H,18,20). The molecule has 23 heavy (non-hydrogen) atoms. The topological polar surface area (TPSA) is 81.4 Å². The maximum atomic E-state index is 12.5. The van der Waals surface area contributed by atoms with Gasteiger partial charge in [0.15, 0.2) is 5.69 Å². The average Bonchev–Trinajstić information content (AvgIpc) is 2.97. The number of carbonyl (C=O) groups is 2. The molecule has 6 heteroatoms. The van der Waals surface area contributed by atoms with Gasteiger partial charge in [0.25, 0.3) is 5.91 Å². The summed E-state index contributed by atoms with van der Waals surface area (Å²) in [5, 5.41) is 6.65. The van der Waals surface area contributed by atoms with Crippen molar-refractivity contribution in [3.63, 3.8) is 0 Å². The lowest BCUT2D eigenvalue weighted by Crippen LogP contribution is -2.19. The molecule has 1 N–H and O–H groups in total. The van der Waals surface area contributed by atoms with Crippen molar-refractivity contribution < 1.29 is 18.8 Å². The van der Waals surface area contributed by atoms with Crippen LogP contribution in [0.2, 0.25) is 0 Å². The lowest BCUT2D eigenvalue weighted by atomic mass is 9.88. The van der Waals surface area contributed by atoms with Crippen LogP contribution in [0.4, 0.5) is 5.69 Å². The van der Waals surface area contributed by atoms with E-state index in [-0.39, 0.29) is 5.91 Å². The second-order valence-electron chi connectivity index (χ2n) is 5.77. The highest BCUT2D eigenvalue weighted by Crippen LogP contribution is 2.28. The summed E-state index contributed by atoms with van der Waals surface area (Å²) in [6.07, 6.45) is 2.62. The van der Waals surface area contributed by atoms with Gasteiger partial charge in [0.2, 0.25) is 0 Å². The second-order valence-corrected chi connectivity index (χ2v) is 5.77. The Balaban J connectivity index is 1.86. The molecule has 2 aromatic rings. The number of hydrogen-bond donors (Lipinski definition) is 1. The van der Waals surface area contributed by atoms with Crippen LogP contribution in [-0.2, 0) is 17.6 Å². The van der Waals surface area contributed by atoms with Gasteiger partial charge >= 0.3 is 5.97 Å². The van der Waals surface area contributed by atoms with Crippen molar-refractivity contribution in [1.29, 1.82) is 0 Å². The maximum absolute atomic E-state index is 12.5. The number of aromatic nitrogens is 1. The van der Waals surface area contributed by atoms with Crippen molar-refractivity contribution in [2.45, 2.75) is 26.2 Å². The molecular weight excluding hydrogens is 296 g/mol. The van der Waals surface area contributed by atoms with E-state index in [1.165, 1.54) is 7.11 Å². The van der Waals surface area contributed by atoms with Gasteiger partial charge in [-0.1, -0.05) is 24.2 Å². The monoisotopic (exact) mass is 314 g/mol. The van der Waals surface area contributed by atoms with E-state index in [1.54, 1.807) is 24.3 Å². The van der Waals surface area contributed by atoms with Crippen LogP contribution in [0.25, 0.3) is 0 Å². The third-order valence-corrected chi connectivity index (χ3v) is 4.08. The summed E-state index contributed by atoms with van der Waals surface area (Å²) in [5.41, 5.74) is 1.86. The number of nitrogens with zero attached hydrogens (tertiary/aromatic N) is 1. The van der Waals surface area contributed by atoms with Gasteiger partial charge in [0.1, 0.15) is 5.76 Å². The van der Waals surface area contributed by atoms with Gasteiger partial charge in [0, 0.05) is 12.0 Å². The van der Waals surface area contributed by atoms with E-state index in [4.69, 9.17) is 9.26 Å². The van der Waals surface area contributed by atoms with E-state index < -0.39 is 5.97 Å². The fourth-order valence-corrected chi connectivity index (χ4v) is 2.82. The van der Waals surface area contributed by atoms with Crippen LogP contribution in [-0.4, -0.2) is 24.1 Å². The lowest BCUT2D eigenvalue weighted by molar-refractivity contribution is 0.0602. The maximum Gasteiger partial charge on any atom is 0.339 e. The van der Waals surface area contributed by atoms with Crippen LogP contribution in [0.1, 0.15) is 45.5 Å². The number of para-hydroxylation sites is 1. The first-order valence-electron chi connectivity index (χ1n) is 7.56. The Kier molecular flexibility index (Phi) is 4.14. The molecule has 6 nitrogen and oxygen atoms in total. The molecule has 0 fully saturated rings. The van der Waals surface area contributed by atoms with Crippen LogP contribution in [0.15, 0.2) is 28.8 Å². The molecule has 1 aliphatic carbocycles. The minimum Gasteiger partial charge on any atom is -0.465 e. The SMILES string of the molecule is COC(=O)c1ccccc1NC(=O)c1noc2c1CC(C)CC2. The normalized spacial score (nSPS) is 16.5. The highest BCUT2D eigenvalue weighted by Gasteiger charge is 2.27. The zero-order valence-electron chi connectivity index (χ0n) is 13.1. The molecule has 0 saturated heterocycles. The second kappa shape index (κ2) is 6.24. The summed E-state index contributed by atoms with van der Waals surface area (Å²) >= 11 is 0. The molecule has 1 heterocycles. The van der Waals surface area contributed by atoms with Crippen molar-refractivity contribution >= 4 is 17.6 Å². The van der Waals surface area contributed by atoms with Crippen LogP contribution in [0.5, 0.6) is 0 Å². The number of ether oxygens (including phenoxy) is 1. The fraction of sp³-hybridized carbons (Fsp3) is 0.353. The quantitative estimate of drug-likeness (QED) is 0.881. The van der Waals surface area contributed by atoms with E-state index >= 15 is 0 Å². The smallest absolute Gasteiger partial charge is 0.339 e. The lowest BCUT2D eigenvalue weighted by Gasteiger charge is -2.16. The molecule has 1 aromatic heterocycles. The fourth-order valence-electron chi connectivity index (χ4n) is 2.82. The molecule has 1 amide bonds. The minimum atomic E-state index is -0.503. The summed E-state index contributed by atoms with van der Waals surface area (Å²) < 4.78 is 10.0. The summed E-state index contributed by atoms with van der Waals surface area (Å²) in [7, 11) is 1.30. The van der Waals surface area contributed by atoms with Gasteiger partial charge in [-0.2, -0.15) is 0 Å². The van der Waals surface area contributed by atoms with Crippen molar-refractivity contribution in [3.05, 3.63) is 46.8 Å². The predicted molar refractivity (Wildman–Crippen MR) is 83.4 cm³/mol. The molecule has 0 aliphatic heterocycles. The molecule has 0 saturated carbocycles. The number of rotatable bonds is 3. The van der Waals surface area contributed by atoms with E-state index in [0.29, 0.717) is 22.9 Å². The Morgan fingerprint density at radius 2 is 2.13 bits per heavy atom. The van der Waals surface area contributed by atoms with Crippen molar-refractivity contribution in [1.82, 2.24) is 5.16 Å². The van der Waals surface area contributed by atoms with Gasteiger partial charge in [-0.15, -0.1) is 0 Å². The first-order valence-corrected chi connectivity index (χ1v) is 7.56. The number of amides is 1. The van der Waals surface area contributed by atoms with Gasteiger partial charge in [-0.3, -0.25) is 4.79 Å². The molecular formula is C17H18N2O4. The number of anilines is 1. The first kappa shape index (κ1) is 15.3. The molecule has 1 aliphatic rings. The summed E-state index contributed by atoms with van der Waals surface area (Å²) in [6.45, 7) is 2.14. The Morgan fingerprint density at radius 3 is 2.91 bits per heavy atom. The molecule has 0 bridgehead atoms. The number of fused-ring (bicyclic) bond motifs is 1. The zero-order valence-corrected chi connectivity index (χ0v) is 13.1. The third-order valence-electron chi connectivity index (χ3n) is 4.08. The van der Waals surface area contributed by atoms with Gasteiger partial charge < -0.3 is 14.6 Å². The number of esters is 1. The van der Waals surface area contributed by atoms with Crippen molar-refractivity contribution in [2.75, 3.05) is 12.4 Å². The number of methoxy groups -OCH3 is 1. The third kappa shape index (κ3) is 2.97. The number of nitrogens with one attached hydrogen (secondary N) is 1. The van der Waals surface area contributed by atoms with Crippen LogP contribution >= 0.6 is 0 Å². The number of hydrogen-bond acceptors (Lipinski definition) is 5. The molecule has 1 unspecified atom stereocenters. The number of benzene rings is 1. The van der Waals surface area contributed by atoms with Crippen LogP contribution in [0.3, 0.4) is 0 Å². The van der Waals surface area contributed by atoms with Crippen LogP contribution < -0.4 is 5.32 Å². The molecule has 0 radical (unpaired) electrons. The van der Waals surface area contributed by atoms with Gasteiger partial charge in [-0.25, -0.2) is 4.79 Å². The predicted octanol–water partition coefficient (Wildman–Crippen LogP) is 2.84. The van der Waals surface area contributed by atoms with E-state index in [1.807, 2.05) is 0 Å². The number of carbonyl (C=O) groups excluding carboxylic acids is 2. The summed E-state index contributed by atoms with van der Waals surface area (Å²) in [4.78, 5) is 24.3. The Hall–Kier alpha value is -2.63. The van der Waals surface area contributed by atoms with E-state index in [9.17, 15) is 9.59 Å². The Morgan fingerprint density at radius 1 is 1.35 bits per heavy atom. The number of aryl methyl sites for hydroxylation is 1. The molecule has 1 aromatic carbocycles. The summed E-state index contributed by atoms with van der Waals surface area (Å²) in [6, 6.07) is 6.70. The van der Waals surface area contributed by atoms with Gasteiger partial charge in [-0.05, 0) is 30.9 Å². The highest BCUT2D eigenvalue weighted by molar-refractivity contribution is 6.07. The largest absolute Gasteiger partial charge is 0.465 e. The molecule has 120 valence electrons. The van der Waals surface area contributed by atoms with Crippen molar-refractivity contribution in [3.8, 4) is 0 Å². The Labute approximate surface area is 133 Å². The first-order chi connectivity index (χ1) is 11.1. The van der Waals surface area contributed by atoms with Gasteiger partial charge in [0.05, 0.1) is 18.4 Å².